The van der Waals surface area contributed by atoms with Crippen LogP contribution >= 0.6 is 56.6 Å². The number of thiazole rings is 1. The molecule has 0 fully saturated rings. The van der Waals surface area contributed by atoms with Gasteiger partial charge in [-0.1, -0.05) is 0 Å². The standard InChI is InChI=1S/C16H10INOS3/c1-19-9-2-3-10-14(8-9)22-16(18-10)13-5-4-11(20-13)12-6-7-15(17)21-12/h2-8H,1H3. The molecule has 1 aromatic carbocycles. The Morgan fingerprint density at radius 1 is 0.909 bits per heavy atom. The van der Waals surface area contributed by atoms with E-state index in [1.165, 1.54) is 17.5 Å². The third-order valence-electron chi connectivity index (χ3n) is 3.23. The molecular formula is C16H10INOS3. The van der Waals surface area contributed by atoms with Crippen LogP contribution < -0.4 is 4.74 Å². The molecule has 110 valence electrons. The molecule has 2 nitrogen and oxygen atoms in total. The van der Waals surface area contributed by atoms with Gasteiger partial charge in [0.1, 0.15) is 10.8 Å². The van der Waals surface area contributed by atoms with E-state index in [2.05, 4.69) is 46.9 Å². The number of hydrogen-bond donors (Lipinski definition) is 0. The topological polar surface area (TPSA) is 22.1 Å². The fourth-order valence-corrected chi connectivity index (χ4v) is 5.94. The maximum absolute atomic E-state index is 5.28. The molecule has 0 saturated carbocycles. The summed E-state index contributed by atoms with van der Waals surface area (Å²) >= 11 is 7.70. The number of hydrogen-bond acceptors (Lipinski definition) is 5. The van der Waals surface area contributed by atoms with E-state index in [9.17, 15) is 0 Å². The van der Waals surface area contributed by atoms with Gasteiger partial charge in [-0.25, -0.2) is 4.98 Å². The largest absolute Gasteiger partial charge is 0.497 e. The Morgan fingerprint density at radius 3 is 2.45 bits per heavy atom. The first-order valence-electron chi connectivity index (χ1n) is 6.53. The van der Waals surface area contributed by atoms with E-state index < -0.39 is 0 Å². The molecule has 0 atom stereocenters. The summed E-state index contributed by atoms with van der Waals surface area (Å²) in [7, 11) is 1.69. The molecule has 0 aliphatic heterocycles. The van der Waals surface area contributed by atoms with Gasteiger partial charge in [0.2, 0.25) is 0 Å². The van der Waals surface area contributed by atoms with Crippen molar-refractivity contribution in [2.75, 3.05) is 7.11 Å². The Kier molecular flexibility index (Phi) is 3.93. The third-order valence-corrected chi connectivity index (χ3v) is 7.59. The molecule has 3 aromatic heterocycles. The summed E-state index contributed by atoms with van der Waals surface area (Å²) in [6.45, 7) is 0. The van der Waals surface area contributed by atoms with E-state index in [-0.39, 0.29) is 0 Å². The monoisotopic (exact) mass is 455 g/mol. The lowest BCUT2D eigenvalue weighted by atomic mass is 10.3. The summed E-state index contributed by atoms with van der Waals surface area (Å²) < 4.78 is 7.76. The zero-order valence-corrected chi connectivity index (χ0v) is 16.1. The molecule has 6 heteroatoms. The summed E-state index contributed by atoms with van der Waals surface area (Å²) in [4.78, 5) is 8.59. The van der Waals surface area contributed by atoms with E-state index in [0.29, 0.717) is 0 Å². The highest BCUT2D eigenvalue weighted by Gasteiger charge is 2.11. The Bertz CT molecular complexity index is 953. The second kappa shape index (κ2) is 5.92. The van der Waals surface area contributed by atoms with E-state index >= 15 is 0 Å². The molecular weight excluding hydrogens is 445 g/mol. The Hall–Kier alpha value is -0.960. The van der Waals surface area contributed by atoms with Gasteiger partial charge in [0.15, 0.2) is 0 Å². The SMILES string of the molecule is COc1ccc2nc(-c3ccc(-c4ccc(I)s4)s3)sc2c1. The van der Waals surface area contributed by atoms with Gasteiger partial charge in [-0.3, -0.25) is 0 Å². The number of halogens is 1. The van der Waals surface area contributed by atoms with Gasteiger partial charge in [0, 0.05) is 9.75 Å². The molecule has 0 radical (unpaired) electrons. The number of fused-ring (bicyclic) bond motifs is 1. The fourth-order valence-electron chi connectivity index (χ4n) is 2.17. The van der Waals surface area contributed by atoms with Gasteiger partial charge >= 0.3 is 0 Å². The van der Waals surface area contributed by atoms with Crippen LogP contribution in [-0.4, -0.2) is 12.1 Å². The minimum atomic E-state index is 0.878. The molecule has 22 heavy (non-hydrogen) atoms. The molecule has 0 saturated heterocycles. The Balaban J connectivity index is 1.74. The zero-order valence-electron chi connectivity index (χ0n) is 11.5. The lowest BCUT2D eigenvalue weighted by molar-refractivity contribution is 0.415. The highest BCUT2D eigenvalue weighted by molar-refractivity contribution is 14.1. The average molecular weight is 455 g/mol. The molecule has 0 bridgehead atoms. The number of nitrogens with zero attached hydrogens (tertiary/aromatic N) is 1. The fraction of sp³-hybridized carbons (Fsp3) is 0.0625. The molecule has 0 aliphatic carbocycles. The second-order valence-electron chi connectivity index (χ2n) is 4.62. The molecule has 4 rings (SSSR count). The van der Waals surface area contributed by atoms with Crippen LogP contribution in [0.15, 0.2) is 42.5 Å². The van der Waals surface area contributed by atoms with Crippen LogP contribution in [0.3, 0.4) is 0 Å². The van der Waals surface area contributed by atoms with Crippen LogP contribution in [-0.2, 0) is 0 Å². The van der Waals surface area contributed by atoms with Crippen molar-refractivity contribution in [2.45, 2.75) is 0 Å². The first kappa shape index (κ1) is 14.6. The quantitative estimate of drug-likeness (QED) is 0.335. The van der Waals surface area contributed by atoms with Crippen molar-refractivity contribution in [2.24, 2.45) is 0 Å². The van der Waals surface area contributed by atoms with Crippen molar-refractivity contribution in [3.63, 3.8) is 0 Å². The van der Waals surface area contributed by atoms with Gasteiger partial charge in [-0.2, -0.15) is 0 Å². The van der Waals surface area contributed by atoms with Gasteiger partial charge in [-0.05, 0) is 65.1 Å². The number of thiophene rings is 2. The lowest BCUT2D eigenvalue weighted by Crippen LogP contribution is -1.80. The van der Waals surface area contributed by atoms with Crippen molar-refractivity contribution in [3.05, 3.63) is 45.3 Å². The van der Waals surface area contributed by atoms with Gasteiger partial charge in [0.05, 0.1) is 25.1 Å². The van der Waals surface area contributed by atoms with Crippen LogP contribution in [0.4, 0.5) is 0 Å². The number of ether oxygens (including phenoxy) is 1. The smallest absolute Gasteiger partial charge is 0.134 e. The van der Waals surface area contributed by atoms with Crippen molar-refractivity contribution >= 4 is 66.8 Å². The maximum Gasteiger partial charge on any atom is 0.134 e. The van der Waals surface area contributed by atoms with Crippen LogP contribution in [0.5, 0.6) is 5.75 Å². The summed E-state index contributed by atoms with van der Waals surface area (Å²) in [5.74, 6) is 0.878. The van der Waals surface area contributed by atoms with Crippen molar-refractivity contribution in [3.8, 4) is 25.4 Å². The van der Waals surface area contributed by atoms with Crippen LogP contribution in [0.1, 0.15) is 0 Å². The van der Waals surface area contributed by atoms with Gasteiger partial charge in [-0.15, -0.1) is 34.0 Å². The van der Waals surface area contributed by atoms with E-state index in [1.54, 1.807) is 29.8 Å². The van der Waals surface area contributed by atoms with Crippen LogP contribution in [0.2, 0.25) is 0 Å². The lowest BCUT2D eigenvalue weighted by Gasteiger charge is -1.96. The first-order chi connectivity index (χ1) is 10.7. The minimum Gasteiger partial charge on any atom is -0.497 e. The molecule has 0 spiro atoms. The maximum atomic E-state index is 5.28. The second-order valence-corrected chi connectivity index (χ2v) is 9.71. The molecule has 0 unspecified atom stereocenters. The number of benzene rings is 1. The summed E-state index contributed by atoms with van der Waals surface area (Å²) in [5, 5.41) is 1.07. The Morgan fingerprint density at radius 2 is 1.68 bits per heavy atom. The van der Waals surface area contributed by atoms with Crippen molar-refractivity contribution in [1.82, 2.24) is 4.98 Å². The molecule has 0 amide bonds. The predicted octanol–water partition coefficient (Wildman–Crippen LogP) is 6.37. The number of aromatic nitrogens is 1. The van der Waals surface area contributed by atoms with E-state index in [1.807, 2.05) is 29.5 Å². The normalized spacial score (nSPS) is 11.2. The highest BCUT2D eigenvalue weighted by atomic mass is 127. The van der Waals surface area contributed by atoms with E-state index in [4.69, 9.17) is 9.72 Å². The molecule has 0 aliphatic rings. The van der Waals surface area contributed by atoms with Crippen molar-refractivity contribution < 1.29 is 4.74 Å². The predicted molar refractivity (Wildman–Crippen MR) is 106 cm³/mol. The van der Waals surface area contributed by atoms with Gasteiger partial charge < -0.3 is 4.74 Å². The molecule has 3 heterocycles. The summed E-state index contributed by atoms with van der Waals surface area (Å²) in [5.41, 5.74) is 1.03. The van der Waals surface area contributed by atoms with Crippen LogP contribution in [0.25, 0.3) is 29.9 Å². The summed E-state index contributed by atoms with van der Waals surface area (Å²) in [6.07, 6.45) is 0. The van der Waals surface area contributed by atoms with Gasteiger partial charge in [0.25, 0.3) is 0 Å². The number of rotatable bonds is 3. The average Bonchev–Trinajstić information content (AvgIpc) is 3.24. The minimum absolute atomic E-state index is 0.878. The highest BCUT2D eigenvalue weighted by Crippen LogP contribution is 2.40. The summed E-state index contributed by atoms with van der Waals surface area (Å²) in [6, 6.07) is 14.7. The Labute approximate surface area is 153 Å². The zero-order chi connectivity index (χ0) is 15.1. The van der Waals surface area contributed by atoms with Crippen molar-refractivity contribution in [1.29, 1.82) is 0 Å². The van der Waals surface area contributed by atoms with Crippen LogP contribution in [0, 0.1) is 2.88 Å². The van der Waals surface area contributed by atoms with E-state index in [0.717, 1.165) is 21.0 Å². The number of methoxy groups -OCH3 is 1. The molecule has 0 N–H and O–H groups in total. The third kappa shape index (κ3) is 2.68. The molecule has 4 aromatic rings. The first-order valence-corrected chi connectivity index (χ1v) is 10.1.